The van der Waals surface area contributed by atoms with E-state index in [2.05, 4.69) is 86.6 Å². The van der Waals surface area contributed by atoms with E-state index in [0.29, 0.717) is 0 Å². The first-order valence-corrected chi connectivity index (χ1v) is 11.5. The third-order valence-electron chi connectivity index (χ3n) is 3.33. The van der Waals surface area contributed by atoms with Crippen LogP contribution in [0.15, 0.2) is 72.8 Å². The molecule has 0 radical (unpaired) electrons. The third-order valence-corrected chi connectivity index (χ3v) is 9.50. The molecule has 0 aliphatic carbocycles. The Balaban J connectivity index is 1.85. The fourth-order valence-corrected chi connectivity index (χ4v) is 7.44. The summed E-state index contributed by atoms with van der Waals surface area (Å²) in [5.41, 5.74) is 2.93. The fourth-order valence-electron chi connectivity index (χ4n) is 2.14. The van der Waals surface area contributed by atoms with Gasteiger partial charge < -0.3 is 0 Å². The quantitative estimate of drug-likeness (QED) is 0.376. The van der Waals surface area contributed by atoms with Crippen molar-refractivity contribution >= 4 is 0 Å². The Labute approximate surface area is 153 Å². The number of hydrogen-bond donors (Lipinski definition) is 0. The van der Waals surface area contributed by atoms with E-state index in [1.165, 1.54) is 18.3 Å². The molecule has 2 heteroatoms. The molecule has 0 spiro atoms. The second-order valence-electron chi connectivity index (χ2n) is 5.13. The molecule has 0 N–H and O–H groups in total. The average molecular weight is 512 g/mol. The van der Waals surface area contributed by atoms with E-state index in [0.717, 1.165) is 0 Å². The van der Waals surface area contributed by atoms with Crippen molar-refractivity contribution < 1.29 is 42.4 Å². The molecule has 3 aromatic rings. The van der Waals surface area contributed by atoms with Crippen molar-refractivity contribution in [2.24, 2.45) is 0 Å². The van der Waals surface area contributed by atoms with Crippen LogP contribution in [0.5, 0.6) is 0 Å². The van der Waals surface area contributed by atoms with Gasteiger partial charge >= 0.3 is 154 Å². The summed E-state index contributed by atoms with van der Waals surface area (Å²) in [7, 11) is 0. The number of hydrogen-bond acceptors (Lipinski definition) is 0. The maximum atomic E-state index is 2.44. The Bertz CT molecular complexity index is 682. The summed E-state index contributed by atoms with van der Waals surface area (Å²) in [5.74, 6) is 0. The maximum absolute atomic E-state index is 2.44. The Kier molecular flexibility index (Phi) is 5.52. The van der Waals surface area contributed by atoms with Crippen LogP contribution < -0.4 is 42.4 Å². The molecular formula is C20H18I2-2. The standard InChI is InChI=1S/C20H18I2/c1-15-13-20(22-18-11-7-4-8-12-18)16(2)14-19(15)21-17-9-5-3-6-10-17/h3-14H,1-2H3/q-2. The Hall–Kier alpha value is -0.880. The van der Waals surface area contributed by atoms with E-state index in [1.807, 2.05) is 0 Å². The molecule has 0 fully saturated rings. The van der Waals surface area contributed by atoms with E-state index in [1.54, 1.807) is 7.14 Å². The van der Waals surface area contributed by atoms with Gasteiger partial charge in [0.2, 0.25) is 0 Å². The molecule has 22 heavy (non-hydrogen) atoms. The summed E-state index contributed by atoms with van der Waals surface area (Å²) in [6, 6.07) is 26.7. The van der Waals surface area contributed by atoms with Gasteiger partial charge in [0.25, 0.3) is 0 Å². The topological polar surface area (TPSA) is 0 Å². The summed E-state index contributed by atoms with van der Waals surface area (Å²) < 4.78 is 6.11. The molecule has 0 aliphatic heterocycles. The van der Waals surface area contributed by atoms with Crippen LogP contribution in [0.1, 0.15) is 11.1 Å². The van der Waals surface area contributed by atoms with Crippen molar-refractivity contribution in [1.29, 1.82) is 0 Å². The molecule has 0 aromatic heterocycles. The van der Waals surface area contributed by atoms with Crippen molar-refractivity contribution in [2.45, 2.75) is 13.8 Å². The summed E-state index contributed by atoms with van der Waals surface area (Å²) in [4.78, 5) is 0. The van der Waals surface area contributed by atoms with Crippen LogP contribution in [0.2, 0.25) is 0 Å². The zero-order valence-corrected chi connectivity index (χ0v) is 17.0. The first kappa shape index (κ1) is 16.0. The second kappa shape index (κ2) is 7.59. The first-order valence-electron chi connectivity index (χ1n) is 7.23. The van der Waals surface area contributed by atoms with Crippen molar-refractivity contribution in [3.05, 3.63) is 98.2 Å². The Morgan fingerprint density at radius 3 is 1.27 bits per heavy atom. The summed E-state index contributed by atoms with van der Waals surface area (Å²) in [6.45, 7) is 4.55. The molecule has 0 aliphatic rings. The zero-order chi connectivity index (χ0) is 15.4. The van der Waals surface area contributed by atoms with Gasteiger partial charge in [-0.05, 0) is 0 Å². The SMILES string of the molecule is Cc1cc([I-]c2ccccc2)c(C)cc1[I-]c1ccccc1. The van der Waals surface area contributed by atoms with Crippen LogP contribution in [0.4, 0.5) is 0 Å². The summed E-state index contributed by atoms with van der Waals surface area (Å²) in [5, 5.41) is 0. The average Bonchev–Trinajstić information content (AvgIpc) is 2.54. The molecule has 0 amide bonds. The molecule has 0 nitrogen and oxygen atoms in total. The van der Waals surface area contributed by atoms with Gasteiger partial charge in [-0.1, -0.05) is 0 Å². The van der Waals surface area contributed by atoms with E-state index in [-0.39, 0.29) is 42.4 Å². The van der Waals surface area contributed by atoms with Crippen LogP contribution in [0, 0.1) is 28.1 Å². The minimum absolute atomic E-state index is 0.0708. The number of halogens is 2. The molecule has 0 atom stereocenters. The fraction of sp³-hybridized carbons (Fsp3) is 0.100. The summed E-state index contributed by atoms with van der Waals surface area (Å²) >= 11 is -0.142. The van der Waals surface area contributed by atoms with Crippen molar-refractivity contribution in [3.8, 4) is 0 Å². The number of benzene rings is 3. The Morgan fingerprint density at radius 1 is 0.545 bits per heavy atom. The molecular weight excluding hydrogens is 494 g/mol. The van der Waals surface area contributed by atoms with Gasteiger partial charge in [-0.15, -0.1) is 0 Å². The minimum atomic E-state index is -0.0708. The molecule has 0 bridgehead atoms. The zero-order valence-electron chi connectivity index (χ0n) is 12.7. The predicted molar refractivity (Wildman–Crippen MR) is 83.6 cm³/mol. The van der Waals surface area contributed by atoms with Gasteiger partial charge in [-0.3, -0.25) is 0 Å². The van der Waals surface area contributed by atoms with E-state index in [4.69, 9.17) is 0 Å². The number of aryl methyl sites for hydroxylation is 2. The van der Waals surface area contributed by atoms with Crippen LogP contribution in [0.25, 0.3) is 0 Å². The Morgan fingerprint density at radius 2 is 0.909 bits per heavy atom. The van der Waals surface area contributed by atoms with E-state index < -0.39 is 0 Å². The van der Waals surface area contributed by atoms with Gasteiger partial charge in [0.05, 0.1) is 0 Å². The first-order chi connectivity index (χ1) is 10.7. The molecule has 0 saturated heterocycles. The molecule has 0 heterocycles. The molecule has 114 valence electrons. The van der Waals surface area contributed by atoms with E-state index in [9.17, 15) is 0 Å². The molecule has 3 aromatic carbocycles. The van der Waals surface area contributed by atoms with Crippen LogP contribution >= 0.6 is 0 Å². The molecule has 0 saturated carbocycles. The molecule has 3 rings (SSSR count). The van der Waals surface area contributed by atoms with Crippen LogP contribution in [-0.2, 0) is 0 Å². The predicted octanol–water partition coefficient (Wildman–Crippen LogP) is -1.44. The van der Waals surface area contributed by atoms with Crippen molar-refractivity contribution in [1.82, 2.24) is 0 Å². The van der Waals surface area contributed by atoms with Crippen LogP contribution in [-0.4, -0.2) is 0 Å². The van der Waals surface area contributed by atoms with Gasteiger partial charge in [0, 0.05) is 0 Å². The van der Waals surface area contributed by atoms with Gasteiger partial charge in [-0.25, -0.2) is 0 Å². The second-order valence-corrected chi connectivity index (χ2v) is 11.0. The molecule has 0 unspecified atom stereocenters. The normalized spacial score (nSPS) is 11.0. The summed E-state index contributed by atoms with van der Waals surface area (Å²) in [6.07, 6.45) is 0. The van der Waals surface area contributed by atoms with Gasteiger partial charge in [-0.2, -0.15) is 0 Å². The van der Waals surface area contributed by atoms with Gasteiger partial charge in [0.1, 0.15) is 0 Å². The third kappa shape index (κ3) is 4.10. The van der Waals surface area contributed by atoms with Gasteiger partial charge in [0.15, 0.2) is 0 Å². The van der Waals surface area contributed by atoms with Crippen molar-refractivity contribution in [3.63, 3.8) is 0 Å². The van der Waals surface area contributed by atoms with Crippen LogP contribution in [0.3, 0.4) is 0 Å². The van der Waals surface area contributed by atoms with E-state index >= 15 is 0 Å². The monoisotopic (exact) mass is 512 g/mol. The van der Waals surface area contributed by atoms with Crippen molar-refractivity contribution in [2.75, 3.05) is 0 Å². The number of rotatable bonds is 4.